The van der Waals surface area contributed by atoms with E-state index in [2.05, 4.69) is 25.1 Å². The van der Waals surface area contributed by atoms with Crippen molar-refractivity contribution in [1.29, 1.82) is 0 Å². The Morgan fingerprint density at radius 3 is 3.11 bits per heavy atom. The fourth-order valence-electron chi connectivity index (χ4n) is 3.07. The summed E-state index contributed by atoms with van der Waals surface area (Å²) in [6.45, 7) is 6.34. The highest BCUT2D eigenvalue weighted by atomic mass is 16.6. The first-order valence-electron chi connectivity index (χ1n) is 6.82. The van der Waals surface area contributed by atoms with Gasteiger partial charge in [0.05, 0.1) is 25.9 Å². The first-order chi connectivity index (χ1) is 9.20. The molecule has 102 valence electrons. The van der Waals surface area contributed by atoms with Gasteiger partial charge in [-0.2, -0.15) is 0 Å². The van der Waals surface area contributed by atoms with E-state index >= 15 is 0 Å². The molecule has 0 bridgehead atoms. The monoisotopic (exact) mass is 261 g/mol. The van der Waals surface area contributed by atoms with Crippen LogP contribution in [0.25, 0.3) is 0 Å². The van der Waals surface area contributed by atoms with Crippen LogP contribution in [0.1, 0.15) is 29.5 Å². The topological polar surface area (TPSA) is 38.8 Å². The summed E-state index contributed by atoms with van der Waals surface area (Å²) in [5.41, 5.74) is 3.89. The average molecular weight is 261 g/mol. The highest BCUT2D eigenvalue weighted by Crippen LogP contribution is 2.37. The molecule has 2 aliphatic heterocycles. The number of likely N-dealkylation sites (tertiary alicyclic amines) is 1. The van der Waals surface area contributed by atoms with Crippen molar-refractivity contribution < 1.29 is 14.3 Å². The molecule has 1 saturated heterocycles. The number of hydrogen-bond donors (Lipinski definition) is 0. The molecule has 2 unspecified atom stereocenters. The predicted octanol–water partition coefficient (Wildman–Crippen LogP) is 2.45. The largest absolute Gasteiger partial charge is 0.450 e. The summed E-state index contributed by atoms with van der Waals surface area (Å²) in [6.07, 6.45) is -0.117. The van der Waals surface area contributed by atoms with Crippen LogP contribution in [0.15, 0.2) is 18.2 Å². The molecule has 1 fully saturated rings. The fraction of sp³-hybridized carbons (Fsp3) is 0.533. The molecule has 1 aromatic carbocycles. The Bertz CT molecular complexity index is 500. The molecular weight excluding hydrogens is 242 g/mol. The van der Waals surface area contributed by atoms with Crippen molar-refractivity contribution in [2.75, 3.05) is 19.7 Å². The average Bonchev–Trinajstić information content (AvgIpc) is 2.84. The van der Waals surface area contributed by atoms with Gasteiger partial charge in [-0.15, -0.1) is 0 Å². The molecule has 4 heteroatoms. The lowest BCUT2D eigenvalue weighted by Gasteiger charge is -2.28. The third-order valence-corrected chi connectivity index (χ3v) is 4.08. The first kappa shape index (κ1) is 12.5. The zero-order valence-electron chi connectivity index (χ0n) is 11.4. The van der Waals surface area contributed by atoms with Crippen LogP contribution in [0.3, 0.4) is 0 Å². The van der Waals surface area contributed by atoms with E-state index in [-0.39, 0.29) is 18.1 Å². The van der Waals surface area contributed by atoms with Crippen LogP contribution in [-0.2, 0) is 16.1 Å². The van der Waals surface area contributed by atoms with Gasteiger partial charge in [-0.05, 0) is 30.5 Å². The third kappa shape index (κ3) is 2.10. The first-order valence-corrected chi connectivity index (χ1v) is 6.82. The fourth-order valence-corrected chi connectivity index (χ4v) is 3.07. The Morgan fingerprint density at radius 2 is 2.32 bits per heavy atom. The summed E-state index contributed by atoms with van der Waals surface area (Å²) >= 11 is 0. The van der Waals surface area contributed by atoms with Crippen LogP contribution >= 0.6 is 0 Å². The predicted molar refractivity (Wildman–Crippen MR) is 71.1 cm³/mol. The van der Waals surface area contributed by atoms with Crippen LogP contribution in [0.5, 0.6) is 0 Å². The molecule has 0 radical (unpaired) electrons. The van der Waals surface area contributed by atoms with E-state index in [9.17, 15) is 4.79 Å². The molecule has 4 nitrogen and oxygen atoms in total. The molecule has 0 N–H and O–H groups in total. The Hall–Kier alpha value is -1.55. The van der Waals surface area contributed by atoms with E-state index in [4.69, 9.17) is 9.47 Å². The molecule has 2 heterocycles. The van der Waals surface area contributed by atoms with E-state index in [0.717, 1.165) is 0 Å². The van der Waals surface area contributed by atoms with Crippen LogP contribution in [0, 0.1) is 6.92 Å². The number of carbonyl (C=O) groups is 1. The summed E-state index contributed by atoms with van der Waals surface area (Å²) in [6, 6.07) is 6.36. The molecule has 1 amide bonds. The van der Waals surface area contributed by atoms with Gasteiger partial charge in [-0.1, -0.05) is 18.2 Å². The molecule has 3 rings (SSSR count). The maximum atomic E-state index is 11.8. The molecule has 2 atom stereocenters. The van der Waals surface area contributed by atoms with E-state index in [0.29, 0.717) is 26.3 Å². The number of amides is 1. The molecule has 0 aliphatic carbocycles. The van der Waals surface area contributed by atoms with Crippen molar-refractivity contribution in [1.82, 2.24) is 4.90 Å². The van der Waals surface area contributed by atoms with Crippen molar-refractivity contribution in [3.05, 3.63) is 34.9 Å². The zero-order chi connectivity index (χ0) is 13.4. The molecule has 0 saturated carbocycles. The van der Waals surface area contributed by atoms with Crippen LogP contribution < -0.4 is 0 Å². The lowest BCUT2D eigenvalue weighted by atomic mass is 9.87. The van der Waals surface area contributed by atoms with Gasteiger partial charge >= 0.3 is 6.09 Å². The number of nitrogens with zero attached hydrogens (tertiary/aromatic N) is 1. The van der Waals surface area contributed by atoms with Crippen LogP contribution in [-0.4, -0.2) is 36.8 Å². The number of ether oxygens (including phenoxy) is 2. The minimum absolute atomic E-state index is 0.110. The second-order valence-electron chi connectivity index (χ2n) is 5.20. The number of carbonyl (C=O) groups excluding carboxylic acids is 1. The van der Waals surface area contributed by atoms with Crippen LogP contribution in [0.4, 0.5) is 4.79 Å². The lowest BCUT2D eigenvalue weighted by Crippen LogP contribution is -2.30. The van der Waals surface area contributed by atoms with Gasteiger partial charge in [-0.3, -0.25) is 0 Å². The number of fused-ring (bicyclic) bond motifs is 3. The van der Waals surface area contributed by atoms with Gasteiger partial charge < -0.3 is 14.4 Å². The van der Waals surface area contributed by atoms with Gasteiger partial charge in [0.2, 0.25) is 0 Å². The normalized spacial score (nSPS) is 24.8. The van der Waals surface area contributed by atoms with Crippen molar-refractivity contribution in [3.8, 4) is 0 Å². The van der Waals surface area contributed by atoms with Crippen molar-refractivity contribution in [2.45, 2.75) is 32.5 Å². The summed E-state index contributed by atoms with van der Waals surface area (Å²) in [5.74, 6) is 0.285. The Labute approximate surface area is 113 Å². The maximum Gasteiger partial charge on any atom is 0.409 e. The quantitative estimate of drug-likeness (QED) is 0.779. The van der Waals surface area contributed by atoms with Gasteiger partial charge in [0.1, 0.15) is 0 Å². The standard InChI is InChI=1S/C15H19NO3/c1-3-18-15(17)16-7-12-11-6-4-5-10(2)13(11)9-19-14(12)8-16/h4-6,12,14H,3,7-9H2,1-2H3. The Morgan fingerprint density at radius 1 is 1.47 bits per heavy atom. The zero-order valence-corrected chi connectivity index (χ0v) is 11.4. The van der Waals surface area contributed by atoms with Crippen molar-refractivity contribution in [3.63, 3.8) is 0 Å². The summed E-state index contributed by atoms with van der Waals surface area (Å²) in [7, 11) is 0. The lowest BCUT2D eigenvalue weighted by molar-refractivity contribution is 0.0241. The molecule has 2 aliphatic rings. The van der Waals surface area contributed by atoms with Gasteiger partial charge in [0.15, 0.2) is 0 Å². The minimum Gasteiger partial charge on any atom is -0.450 e. The molecule has 0 aromatic heterocycles. The number of hydrogen-bond acceptors (Lipinski definition) is 3. The van der Waals surface area contributed by atoms with Gasteiger partial charge in [0.25, 0.3) is 0 Å². The van der Waals surface area contributed by atoms with E-state index in [1.54, 1.807) is 4.90 Å². The SMILES string of the molecule is CCOC(=O)N1CC2OCc3c(C)cccc3C2C1. The second-order valence-corrected chi connectivity index (χ2v) is 5.20. The number of benzene rings is 1. The molecular formula is C15H19NO3. The molecule has 19 heavy (non-hydrogen) atoms. The van der Waals surface area contributed by atoms with Gasteiger partial charge in [-0.25, -0.2) is 4.79 Å². The van der Waals surface area contributed by atoms with E-state index in [1.807, 2.05) is 6.92 Å². The maximum absolute atomic E-state index is 11.8. The molecule has 1 aromatic rings. The minimum atomic E-state index is -0.227. The Kier molecular flexibility index (Phi) is 3.19. The third-order valence-electron chi connectivity index (χ3n) is 4.08. The van der Waals surface area contributed by atoms with E-state index < -0.39 is 0 Å². The van der Waals surface area contributed by atoms with Gasteiger partial charge in [0, 0.05) is 12.5 Å². The summed E-state index contributed by atoms with van der Waals surface area (Å²) in [4.78, 5) is 13.6. The Balaban J connectivity index is 1.84. The smallest absolute Gasteiger partial charge is 0.409 e. The molecule has 0 spiro atoms. The number of aryl methyl sites for hydroxylation is 1. The highest BCUT2D eigenvalue weighted by molar-refractivity contribution is 5.68. The van der Waals surface area contributed by atoms with Crippen molar-refractivity contribution in [2.24, 2.45) is 0 Å². The number of rotatable bonds is 1. The highest BCUT2D eigenvalue weighted by Gasteiger charge is 2.41. The summed E-state index contributed by atoms with van der Waals surface area (Å²) < 4.78 is 11.0. The van der Waals surface area contributed by atoms with Crippen LogP contribution in [0.2, 0.25) is 0 Å². The summed E-state index contributed by atoms with van der Waals surface area (Å²) in [5, 5.41) is 0. The second kappa shape index (κ2) is 4.85. The van der Waals surface area contributed by atoms with Crippen molar-refractivity contribution >= 4 is 6.09 Å². The van der Waals surface area contributed by atoms with E-state index in [1.165, 1.54) is 16.7 Å².